The first kappa shape index (κ1) is 15.1. The van der Waals surface area contributed by atoms with E-state index in [1.165, 1.54) is 0 Å². The largest absolute Gasteiger partial charge is 0.372 e. The van der Waals surface area contributed by atoms with Crippen LogP contribution in [0.4, 0.5) is 0 Å². The fourth-order valence-corrected chi connectivity index (χ4v) is 2.06. The monoisotopic (exact) mass is 262 g/mol. The van der Waals surface area contributed by atoms with Crippen LogP contribution in [0.5, 0.6) is 0 Å². The molecule has 2 radical (unpaired) electrons. The third-order valence-corrected chi connectivity index (χ3v) is 3.02. The van der Waals surface area contributed by atoms with E-state index in [1.54, 1.807) is 0 Å². The Bertz CT molecular complexity index is 187. The summed E-state index contributed by atoms with van der Waals surface area (Å²) in [5.74, 6) is 0. The van der Waals surface area contributed by atoms with E-state index in [9.17, 15) is 0 Å². The smallest absolute Gasteiger partial charge is 0.261 e. The molecule has 5 nitrogen and oxygen atoms in total. The summed E-state index contributed by atoms with van der Waals surface area (Å²) in [6, 6.07) is 0.838. The Morgan fingerprint density at radius 3 is 2.47 bits per heavy atom. The molecule has 1 aliphatic heterocycles. The second-order valence-corrected chi connectivity index (χ2v) is 4.51. The normalized spacial score (nSPS) is 23.3. The van der Waals surface area contributed by atoms with E-state index >= 15 is 0 Å². The third-order valence-electron chi connectivity index (χ3n) is 2.09. The first-order valence-corrected chi connectivity index (χ1v) is 7.32. The van der Waals surface area contributed by atoms with Crippen molar-refractivity contribution in [3.8, 4) is 0 Å². The van der Waals surface area contributed by atoms with Crippen molar-refractivity contribution < 1.29 is 23.4 Å². The van der Waals surface area contributed by atoms with Gasteiger partial charge in [-0.2, -0.15) is 0 Å². The summed E-state index contributed by atoms with van der Waals surface area (Å²) >= 11 is 0. The summed E-state index contributed by atoms with van der Waals surface area (Å²) < 4.78 is 26.8. The van der Waals surface area contributed by atoms with Crippen LogP contribution in [-0.4, -0.2) is 48.5 Å². The molecule has 0 spiro atoms. The highest BCUT2D eigenvalue weighted by molar-refractivity contribution is 6.27. The first-order chi connectivity index (χ1) is 8.31. The maximum Gasteiger partial charge on any atom is 0.261 e. The fraction of sp³-hybridized carbons (Fsp3) is 1.00. The molecule has 1 aliphatic rings. The molecular weight excluding hydrogens is 240 g/mol. The average molecular weight is 262 g/mol. The standard InChI is InChI=1S/C11H22O5Si/c1-4-7-14-10-9(15-10)8-17-16-11(12-5-2)13-6-3/h9-11H,4-8H2,1-3H3. The third kappa shape index (κ3) is 6.49. The summed E-state index contributed by atoms with van der Waals surface area (Å²) in [6.07, 6.45) is 1.18. The van der Waals surface area contributed by atoms with Gasteiger partial charge >= 0.3 is 0 Å². The molecule has 100 valence electrons. The van der Waals surface area contributed by atoms with Crippen molar-refractivity contribution in [2.45, 2.75) is 52.1 Å². The maximum atomic E-state index is 5.47. The Morgan fingerprint density at radius 2 is 1.88 bits per heavy atom. The van der Waals surface area contributed by atoms with Crippen LogP contribution in [0.15, 0.2) is 0 Å². The van der Waals surface area contributed by atoms with Crippen molar-refractivity contribution in [2.75, 3.05) is 19.8 Å². The van der Waals surface area contributed by atoms with Crippen LogP contribution in [0.3, 0.4) is 0 Å². The lowest BCUT2D eigenvalue weighted by atomic mass is 10.5. The number of ether oxygens (including phenoxy) is 4. The predicted molar refractivity (Wildman–Crippen MR) is 63.6 cm³/mol. The molecule has 0 aromatic rings. The fourth-order valence-electron chi connectivity index (χ4n) is 1.24. The molecule has 17 heavy (non-hydrogen) atoms. The minimum Gasteiger partial charge on any atom is -0.372 e. The molecule has 2 atom stereocenters. The summed E-state index contributed by atoms with van der Waals surface area (Å²) in [4.78, 5) is 0. The zero-order chi connectivity index (χ0) is 12.5. The van der Waals surface area contributed by atoms with Gasteiger partial charge in [-0.05, 0) is 26.3 Å². The van der Waals surface area contributed by atoms with Gasteiger partial charge in [0.15, 0.2) is 6.29 Å². The molecule has 0 aromatic heterocycles. The molecule has 1 saturated heterocycles. The Kier molecular flexibility index (Phi) is 7.99. The van der Waals surface area contributed by atoms with Crippen LogP contribution in [-0.2, 0) is 23.4 Å². The molecule has 1 fully saturated rings. The van der Waals surface area contributed by atoms with Crippen molar-refractivity contribution in [3.63, 3.8) is 0 Å². The van der Waals surface area contributed by atoms with Crippen LogP contribution in [0.25, 0.3) is 0 Å². The van der Waals surface area contributed by atoms with Crippen molar-refractivity contribution in [2.24, 2.45) is 0 Å². The zero-order valence-electron chi connectivity index (χ0n) is 10.8. The Hall–Kier alpha value is 0.0169. The highest BCUT2D eigenvalue weighted by Crippen LogP contribution is 2.26. The molecule has 6 heteroatoms. The molecule has 0 aromatic carbocycles. The van der Waals surface area contributed by atoms with Crippen molar-refractivity contribution in [3.05, 3.63) is 0 Å². The lowest BCUT2D eigenvalue weighted by Crippen LogP contribution is -2.23. The highest BCUT2D eigenvalue weighted by Gasteiger charge is 2.39. The SMILES string of the molecule is CCCOC1OC1C[Si]OC(OCC)OCC. The van der Waals surface area contributed by atoms with Gasteiger partial charge in [0, 0.05) is 19.8 Å². The van der Waals surface area contributed by atoms with E-state index in [1.807, 2.05) is 13.8 Å². The molecule has 2 unspecified atom stereocenters. The first-order valence-electron chi connectivity index (χ1n) is 6.20. The van der Waals surface area contributed by atoms with Crippen LogP contribution >= 0.6 is 0 Å². The minimum absolute atomic E-state index is 0.0244. The summed E-state index contributed by atoms with van der Waals surface area (Å²) in [7, 11) is 0.311. The molecule has 0 bridgehead atoms. The van der Waals surface area contributed by atoms with E-state index in [0.29, 0.717) is 23.0 Å². The van der Waals surface area contributed by atoms with E-state index < -0.39 is 6.48 Å². The van der Waals surface area contributed by atoms with Crippen molar-refractivity contribution >= 4 is 9.76 Å². The van der Waals surface area contributed by atoms with Gasteiger partial charge in [0.25, 0.3) is 6.48 Å². The molecule has 1 heterocycles. The Labute approximate surface area is 106 Å². The average Bonchev–Trinajstić information content (AvgIpc) is 3.06. The quantitative estimate of drug-likeness (QED) is 0.321. The predicted octanol–water partition coefficient (Wildman–Crippen LogP) is 1.55. The van der Waals surface area contributed by atoms with Gasteiger partial charge in [-0.3, -0.25) is 0 Å². The summed E-state index contributed by atoms with van der Waals surface area (Å²) in [5.41, 5.74) is 0. The lowest BCUT2D eigenvalue weighted by molar-refractivity contribution is -0.243. The second kappa shape index (κ2) is 9.01. The maximum absolute atomic E-state index is 5.47. The number of epoxide rings is 1. The number of rotatable bonds is 11. The van der Waals surface area contributed by atoms with Gasteiger partial charge in [0.2, 0.25) is 9.76 Å². The van der Waals surface area contributed by atoms with Gasteiger partial charge in [-0.1, -0.05) is 6.92 Å². The van der Waals surface area contributed by atoms with Crippen molar-refractivity contribution in [1.82, 2.24) is 0 Å². The highest BCUT2D eigenvalue weighted by atomic mass is 28.2. The Balaban J connectivity index is 1.99. The summed E-state index contributed by atoms with van der Waals surface area (Å²) in [5, 5.41) is 0. The van der Waals surface area contributed by atoms with Gasteiger partial charge in [0.1, 0.15) is 6.10 Å². The topological polar surface area (TPSA) is 49.5 Å². The Morgan fingerprint density at radius 1 is 1.18 bits per heavy atom. The van der Waals surface area contributed by atoms with Gasteiger partial charge < -0.3 is 23.4 Å². The number of hydrogen-bond donors (Lipinski definition) is 0. The minimum atomic E-state index is -0.544. The molecular formula is C11H22O5Si. The summed E-state index contributed by atoms with van der Waals surface area (Å²) in [6.45, 7) is 7.28. The van der Waals surface area contributed by atoms with Crippen LogP contribution < -0.4 is 0 Å². The second-order valence-electron chi connectivity index (χ2n) is 3.58. The van der Waals surface area contributed by atoms with E-state index in [4.69, 9.17) is 23.4 Å². The van der Waals surface area contributed by atoms with Crippen LogP contribution in [0.2, 0.25) is 6.04 Å². The van der Waals surface area contributed by atoms with E-state index in [-0.39, 0.29) is 12.4 Å². The zero-order valence-corrected chi connectivity index (χ0v) is 11.8. The van der Waals surface area contributed by atoms with E-state index in [0.717, 1.165) is 19.1 Å². The van der Waals surface area contributed by atoms with Gasteiger partial charge in [-0.15, -0.1) is 0 Å². The van der Waals surface area contributed by atoms with Crippen LogP contribution in [0, 0.1) is 0 Å². The molecule has 0 N–H and O–H groups in total. The van der Waals surface area contributed by atoms with Crippen molar-refractivity contribution in [1.29, 1.82) is 0 Å². The van der Waals surface area contributed by atoms with Crippen LogP contribution in [0.1, 0.15) is 27.2 Å². The molecule has 0 aliphatic carbocycles. The van der Waals surface area contributed by atoms with Gasteiger partial charge in [0.05, 0.1) is 0 Å². The van der Waals surface area contributed by atoms with E-state index in [2.05, 4.69) is 6.92 Å². The molecule has 0 saturated carbocycles. The molecule has 0 amide bonds. The number of hydrogen-bond acceptors (Lipinski definition) is 5. The molecule has 1 rings (SSSR count). The van der Waals surface area contributed by atoms with Gasteiger partial charge in [-0.25, -0.2) is 0 Å². The lowest BCUT2D eigenvalue weighted by Gasteiger charge is -2.16.